The smallest absolute Gasteiger partial charge is 0.394 e. The second-order valence-corrected chi connectivity index (χ2v) is 3.73. The van der Waals surface area contributed by atoms with Crippen molar-refractivity contribution in [3.63, 3.8) is 0 Å². The molecule has 0 bridgehead atoms. The quantitative estimate of drug-likeness (QED) is 0.637. The Morgan fingerprint density at radius 1 is 1.27 bits per heavy atom. The summed E-state index contributed by atoms with van der Waals surface area (Å²) in [5.74, 6) is 0.969. The lowest BCUT2D eigenvalue weighted by atomic mass is 10.1. The van der Waals surface area contributed by atoms with Crippen molar-refractivity contribution in [3.05, 3.63) is 36.4 Å². The Morgan fingerprint density at radius 2 is 2.07 bits per heavy atom. The number of ether oxygens (including phenoxy) is 1. The van der Waals surface area contributed by atoms with Crippen molar-refractivity contribution in [3.8, 4) is 17.1 Å². The molecule has 15 heavy (non-hydrogen) atoms. The van der Waals surface area contributed by atoms with Gasteiger partial charge in [-0.15, -0.1) is 0 Å². The van der Waals surface area contributed by atoms with Gasteiger partial charge in [-0.2, -0.15) is 4.68 Å². The van der Waals surface area contributed by atoms with E-state index in [1.807, 2.05) is 6.07 Å². The maximum atomic E-state index is 5.52. The number of hydrogen-bond donors (Lipinski definition) is 0. The van der Waals surface area contributed by atoms with Crippen molar-refractivity contribution in [1.82, 2.24) is 4.68 Å². The Labute approximate surface area is 88.5 Å². The molecule has 1 aliphatic heterocycles. The number of hydrogen-bond acceptors (Lipinski definition) is 1. The van der Waals surface area contributed by atoms with Crippen LogP contribution in [0.3, 0.4) is 0 Å². The number of benzene rings is 1. The highest BCUT2D eigenvalue weighted by Crippen LogP contribution is 2.23. The molecule has 0 radical (unpaired) electrons. The van der Waals surface area contributed by atoms with E-state index >= 15 is 0 Å². The summed E-state index contributed by atoms with van der Waals surface area (Å²) in [6.07, 6.45) is 0. The van der Waals surface area contributed by atoms with Crippen LogP contribution in [0, 0.1) is 0 Å². The van der Waals surface area contributed by atoms with Gasteiger partial charge in [-0.1, -0.05) is 35.0 Å². The monoisotopic (exact) mass is 201 g/mol. The summed E-state index contributed by atoms with van der Waals surface area (Å²) in [7, 11) is 2.07. The third-order valence-electron chi connectivity index (χ3n) is 2.85. The first-order valence-electron chi connectivity index (χ1n) is 5.14. The standard InChI is InChI=1S/C12H13N2O/c1-13-11(10-5-3-2-4-6-10)9-12-14(13)7-8-15-12/h2-6,9H,7-8H2,1H3/q+1. The molecular weight excluding hydrogens is 188 g/mol. The Balaban J connectivity index is 2.14. The number of rotatable bonds is 1. The van der Waals surface area contributed by atoms with Crippen LogP contribution in [0.1, 0.15) is 0 Å². The highest BCUT2D eigenvalue weighted by atomic mass is 16.5. The number of fused-ring (bicyclic) bond motifs is 1. The molecule has 0 saturated heterocycles. The average molecular weight is 201 g/mol. The van der Waals surface area contributed by atoms with Gasteiger partial charge in [-0.3, -0.25) is 0 Å². The molecule has 1 aromatic carbocycles. The van der Waals surface area contributed by atoms with Crippen LogP contribution in [-0.2, 0) is 13.6 Å². The summed E-state index contributed by atoms with van der Waals surface area (Å²) in [4.78, 5) is 0. The van der Waals surface area contributed by atoms with Gasteiger partial charge in [-0.25, -0.2) is 0 Å². The Kier molecular flexibility index (Phi) is 1.78. The molecule has 0 atom stereocenters. The van der Waals surface area contributed by atoms with E-state index in [2.05, 4.69) is 46.7 Å². The summed E-state index contributed by atoms with van der Waals surface area (Å²) < 4.78 is 9.83. The zero-order valence-corrected chi connectivity index (χ0v) is 8.68. The van der Waals surface area contributed by atoms with Crippen LogP contribution >= 0.6 is 0 Å². The van der Waals surface area contributed by atoms with E-state index in [1.54, 1.807) is 0 Å². The van der Waals surface area contributed by atoms with Crippen molar-refractivity contribution in [1.29, 1.82) is 0 Å². The molecule has 76 valence electrons. The first kappa shape index (κ1) is 8.53. The fraction of sp³-hybridized carbons (Fsp3) is 0.250. The molecule has 0 N–H and O–H groups in total. The normalized spacial score (nSPS) is 13.7. The lowest BCUT2D eigenvalue weighted by Crippen LogP contribution is -2.39. The molecule has 0 unspecified atom stereocenters. The minimum Gasteiger partial charge on any atom is -0.436 e. The van der Waals surface area contributed by atoms with E-state index in [0.29, 0.717) is 0 Å². The molecule has 0 amide bonds. The van der Waals surface area contributed by atoms with E-state index in [9.17, 15) is 0 Å². The lowest BCUT2D eigenvalue weighted by Gasteiger charge is -1.99. The molecule has 3 heteroatoms. The largest absolute Gasteiger partial charge is 0.436 e. The molecule has 0 saturated carbocycles. The first-order chi connectivity index (χ1) is 7.36. The Hall–Kier alpha value is -1.77. The predicted octanol–water partition coefficient (Wildman–Crippen LogP) is 1.37. The summed E-state index contributed by atoms with van der Waals surface area (Å²) in [6, 6.07) is 12.5. The van der Waals surface area contributed by atoms with Gasteiger partial charge in [0.1, 0.15) is 5.69 Å². The second-order valence-electron chi connectivity index (χ2n) is 3.73. The first-order valence-corrected chi connectivity index (χ1v) is 5.14. The number of nitrogens with zero attached hydrogens (tertiary/aromatic N) is 2. The van der Waals surface area contributed by atoms with Gasteiger partial charge >= 0.3 is 5.88 Å². The highest BCUT2D eigenvalue weighted by Gasteiger charge is 2.27. The maximum absolute atomic E-state index is 5.52. The molecule has 0 spiro atoms. The van der Waals surface area contributed by atoms with Gasteiger partial charge in [0.2, 0.25) is 6.54 Å². The summed E-state index contributed by atoms with van der Waals surface area (Å²) >= 11 is 0. The third kappa shape index (κ3) is 1.23. The van der Waals surface area contributed by atoms with Crippen LogP contribution < -0.4 is 9.42 Å². The van der Waals surface area contributed by atoms with Crippen LogP contribution in [0.2, 0.25) is 0 Å². The van der Waals surface area contributed by atoms with Crippen LogP contribution in [0.5, 0.6) is 5.88 Å². The van der Waals surface area contributed by atoms with Crippen LogP contribution in [0.15, 0.2) is 36.4 Å². The van der Waals surface area contributed by atoms with Gasteiger partial charge in [0.15, 0.2) is 6.61 Å². The predicted molar refractivity (Wildman–Crippen MR) is 56.5 cm³/mol. The van der Waals surface area contributed by atoms with E-state index in [4.69, 9.17) is 4.74 Å². The van der Waals surface area contributed by atoms with Crippen molar-refractivity contribution in [2.75, 3.05) is 6.61 Å². The molecule has 2 heterocycles. The minimum atomic E-state index is 0.790. The highest BCUT2D eigenvalue weighted by molar-refractivity contribution is 5.59. The van der Waals surface area contributed by atoms with Crippen molar-refractivity contribution < 1.29 is 9.42 Å². The van der Waals surface area contributed by atoms with E-state index in [0.717, 1.165) is 19.0 Å². The van der Waals surface area contributed by atoms with Crippen LogP contribution in [0.4, 0.5) is 0 Å². The second kappa shape index (κ2) is 3.12. The molecular formula is C12H13N2O+. The molecule has 2 aromatic rings. The van der Waals surface area contributed by atoms with Gasteiger partial charge in [0.05, 0.1) is 13.1 Å². The van der Waals surface area contributed by atoms with Gasteiger partial charge < -0.3 is 4.74 Å². The van der Waals surface area contributed by atoms with Crippen molar-refractivity contribution in [2.45, 2.75) is 6.54 Å². The third-order valence-corrected chi connectivity index (χ3v) is 2.85. The van der Waals surface area contributed by atoms with E-state index in [1.165, 1.54) is 11.3 Å². The molecule has 1 aliphatic rings. The average Bonchev–Trinajstić information content (AvgIpc) is 2.83. The van der Waals surface area contributed by atoms with Crippen molar-refractivity contribution >= 4 is 0 Å². The van der Waals surface area contributed by atoms with Crippen LogP contribution in [-0.4, -0.2) is 11.3 Å². The molecule has 1 aromatic heterocycles. The van der Waals surface area contributed by atoms with E-state index in [-0.39, 0.29) is 0 Å². The SMILES string of the molecule is Cn1c(-c2ccccc2)cc2[n+]1CCO2. The zero-order valence-electron chi connectivity index (χ0n) is 8.68. The topological polar surface area (TPSA) is 18.0 Å². The maximum Gasteiger partial charge on any atom is 0.394 e. The van der Waals surface area contributed by atoms with Gasteiger partial charge in [0, 0.05) is 5.56 Å². The molecule has 3 nitrogen and oxygen atoms in total. The fourth-order valence-electron chi connectivity index (χ4n) is 2.05. The minimum absolute atomic E-state index is 0.790. The fourth-order valence-corrected chi connectivity index (χ4v) is 2.05. The summed E-state index contributed by atoms with van der Waals surface area (Å²) in [6.45, 7) is 1.73. The van der Waals surface area contributed by atoms with Crippen LogP contribution in [0.25, 0.3) is 11.3 Å². The summed E-state index contributed by atoms with van der Waals surface area (Å²) in [5, 5.41) is 0. The molecule has 0 aliphatic carbocycles. The lowest BCUT2D eigenvalue weighted by molar-refractivity contribution is -0.757. The van der Waals surface area contributed by atoms with E-state index < -0.39 is 0 Å². The molecule has 3 rings (SSSR count). The Morgan fingerprint density at radius 3 is 2.80 bits per heavy atom. The summed E-state index contributed by atoms with van der Waals surface area (Å²) in [5.41, 5.74) is 2.43. The number of aromatic nitrogens is 2. The van der Waals surface area contributed by atoms with Crippen molar-refractivity contribution in [2.24, 2.45) is 7.05 Å². The molecule has 0 fully saturated rings. The Bertz CT molecular complexity index is 488. The van der Waals surface area contributed by atoms with Gasteiger partial charge in [-0.05, 0) is 0 Å². The van der Waals surface area contributed by atoms with Gasteiger partial charge in [0.25, 0.3) is 0 Å². The zero-order chi connectivity index (χ0) is 10.3.